The Hall–Kier alpha value is -4.14. The Balaban J connectivity index is 1.74. The first-order chi connectivity index (χ1) is 18.2. The summed E-state index contributed by atoms with van der Waals surface area (Å²) in [5, 5.41) is 11.4. The quantitative estimate of drug-likeness (QED) is 0.451. The summed E-state index contributed by atoms with van der Waals surface area (Å²) in [4.78, 5) is 48.9. The smallest absolute Gasteiger partial charge is 0.342 e. The van der Waals surface area contributed by atoms with Crippen LogP contribution in [-0.2, 0) is 19.1 Å². The number of rotatable bonds is 4. The molecule has 2 aliphatic heterocycles. The number of nitrogens with two attached hydrogens (primary N) is 1. The molecule has 200 valence electrons. The number of aromatic hydroxyl groups is 1. The largest absolute Gasteiger partial charge is 0.507 e. The van der Waals surface area contributed by atoms with Gasteiger partial charge in [0.1, 0.15) is 28.6 Å². The van der Waals surface area contributed by atoms with Crippen LogP contribution in [0.2, 0.25) is 0 Å². The first-order valence-electron chi connectivity index (χ1n) is 12.7. The number of amides is 1. The molecule has 9 nitrogen and oxygen atoms in total. The van der Waals surface area contributed by atoms with Crippen LogP contribution in [-0.4, -0.2) is 41.4 Å². The SMILES string of the molecule is C[C@@H]1CCCC(=O)CCCC=Cc2cc3c(c(O)c2C(=O)O1)[C@H](c1ccc(OCC(N)=O)cc1)CC(=O)O3. The minimum absolute atomic E-state index is 0.00402. The fraction of sp³-hybridized carbons (Fsp3) is 0.379. The van der Waals surface area contributed by atoms with Gasteiger partial charge in [0, 0.05) is 24.3 Å². The van der Waals surface area contributed by atoms with Gasteiger partial charge in [0.15, 0.2) is 6.61 Å². The Morgan fingerprint density at radius 2 is 1.87 bits per heavy atom. The zero-order valence-electron chi connectivity index (χ0n) is 21.2. The van der Waals surface area contributed by atoms with Crippen LogP contribution in [0.15, 0.2) is 36.4 Å². The molecule has 0 aliphatic carbocycles. The van der Waals surface area contributed by atoms with E-state index in [2.05, 4.69) is 0 Å². The van der Waals surface area contributed by atoms with E-state index >= 15 is 0 Å². The number of ether oxygens (including phenoxy) is 3. The summed E-state index contributed by atoms with van der Waals surface area (Å²) in [6.07, 6.45) is 6.36. The maximum atomic E-state index is 13.3. The highest BCUT2D eigenvalue weighted by atomic mass is 16.5. The van der Waals surface area contributed by atoms with Crippen LogP contribution in [0.1, 0.15) is 84.8 Å². The molecule has 38 heavy (non-hydrogen) atoms. The van der Waals surface area contributed by atoms with E-state index in [0.717, 1.165) is 0 Å². The molecule has 2 aliphatic rings. The van der Waals surface area contributed by atoms with Gasteiger partial charge < -0.3 is 25.1 Å². The van der Waals surface area contributed by atoms with Gasteiger partial charge in [-0.3, -0.25) is 14.4 Å². The third kappa shape index (κ3) is 6.40. The van der Waals surface area contributed by atoms with E-state index in [0.29, 0.717) is 61.0 Å². The molecule has 4 rings (SSSR count). The molecule has 0 saturated carbocycles. The van der Waals surface area contributed by atoms with Crippen molar-refractivity contribution < 1.29 is 38.5 Å². The van der Waals surface area contributed by atoms with E-state index in [-0.39, 0.29) is 35.9 Å². The highest BCUT2D eigenvalue weighted by molar-refractivity contribution is 5.98. The van der Waals surface area contributed by atoms with Crippen molar-refractivity contribution in [1.82, 2.24) is 0 Å². The van der Waals surface area contributed by atoms with Gasteiger partial charge >= 0.3 is 11.9 Å². The molecule has 0 radical (unpaired) electrons. The van der Waals surface area contributed by atoms with Crippen LogP contribution in [0.5, 0.6) is 17.2 Å². The number of hydrogen-bond acceptors (Lipinski definition) is 8. The molecule has 0 fully saturated rings. The molecule has 2 aromatic carbocycles. The lowest BCUT2D eigenvalue weighted by molar-refractivity contribution is -0.135. The topological polar surface area (TPSA) is 142 Å². The number of carbonyl (C=O) groups excluding carboxylic acids is 4. The second-order valence-electron chi connectivity index (χ2n) is 9.60. The normalized spacial score (nSPS) is 20.4. The number of primary amides is 1. The summed E-state index contributed by atoms with van der Waals surface area (Å²) < 4.78 is 16.4. The number of carbonyl (C=O) groups is 4. The Labute approximate surface area is 220 Å². The van der Waals surface area contributed by atoms with Crippen molar-refractivity contribution in [2.24, 2.45) is 5.73 Å². The zero-order valence-corrected chi connectivity index (χ0v) is 21.2. The van der Waals surface area contributed by atoms with Gasteiger partial charge in [-0.2, -0.15) is 0 Å². The Kier molecular flexibility index (Phi) is 8.45. The number of phenols is 1. The standard InChI is InChI=1S/C29H31NO8/c1-17-6-5-9-20(31)8-4-2-3-7-19-14-23-27(28(34)26(19)29(35)37-17)22(15-25(33)38-23)18-10-12-21(13-11-18)36-16-24(30)32/h3,7,10-14,17,22,34H,2,4-6,8-9,15-16H2,1H3,(H2,30,32)/t17-,22+/m1/s1. The van der Waals surface area contributed by atoms with Gasteiger partial charge in [-0.1, -0.05) is 24.3 Å². The highest BCUT2D eigenvalue weighted by Gasteiger charge is 2.35. The van der Waals surface area contributed by atoms with Gasteiger partial charge in [-0.15, -0.1) is 0 Å². The van der Waals surface area contributed by atoms with Crippen molar-refractivity contribution in [3.8, 4) is 17.2 Å². The molecule has 2 atom stereocenters. The van der Waals surface area contributed by atoms with Crippen LogP contribution >= 0.6 is 0 Å². The van der Waals surface area contributed by atoms with Crippen LogP contribution in [0.25, 0.3) is 6.08 Å². The summed E-state index contributed by atoms with van der Waals surface area (Å²) >= 11 is 0. The summed E-state index contributed by atoms with van der Waals surface area (Å²) in [6, 6.07) is 8.28. The van der Waals surface area contributed by atoms with Crippen molar-refractivity contribution in [3.05, 3.63) is 58.7 Å². The zero-order chi connectivity index (χ0) is 27.2. The average molecular weight is 522 g/mol. The third-order valence-corrected chi connectivity index (χ3v) is 6.64. The molecular formula is C29H31NO8. The number of cyclic esters (lactones) is 1. The summed E-state index contributed by atoms with van der Waals surface area (Å²) in [5.41, 5.74) is 6.50. The van der Waals surface area contributed by atoms with Crippen molar-refractivity contribution >= 4 is 29.7 Å². The molecule has 9 heteroatoms. The van der Waals surface area contributed by atoms with E-state index in [4.69, 9.17) is 19.9 Å². The van der Waals surface area contributed by atoms with Crippen molar-refractivity contribution in [2.75, 3.05) is 6.61 Å². The number of esters is 2. The summed E-state index contributed by atoms with van der Waals surface area (Å²) in [6.45, 7) is 1.49. The number of phenolic OH excluding ortho intramolecular Hbond substituents is 1. The number of allylic oxidation sites excluding steroid dienone is 1. The lowest BCUT2D eigenvalue weighted by Gasteiger charge is -2.28. The Morgan fingerprint density at radius 3 is 2.61 bits per heavy atom. The van der Waals surface area contributed by atoms with Gasteiger partial charge in [-0.05, 0) is 61.9 Å². The Bertz CT molecular complexity index is 1260. The number of hydrogen-bond donors (Lipinski definition) is 2. The van der Waals surface area contributed by atoms with Crippen molar-refractivity contribution in [3.63, 3.8) is 0 Å². The minimum atomic E-state index is -0.688. The molecule has 0 bridgehead atoms. The van der Waals surface area contributed by atoms with E-state index in [1.54, 1.807) is 43.3 Å². The predicted molar refractivity (Wildman–Crippen MR) is 138 cm³/mol. The third-order valence-electron chi connectivity index (χ3n) is 6.64. The first-order valence-corrected chi connectivity index (χ1v) is 12.7. The van der Waals surface area contributed by atoms with Crippen molar-refractivity contribution in [1.29, 1.82) is 0 Å². The molecule has 3 N–H and O–H groups in total. The van der Waals surface area contributed by atoms with E-state index in [1.807, 2.05) is 6.08 Å². The average Bonchev–Trinajstić information content (AvgIpc) is 2.86. The van der Waals surface area contributed by atoms with Gasteiger partial charge in [0.05, 0.1) is 12.5 Å². The monoisotopic (exact) mass is 521 g/mol. The number of benzene rings is 2. The van der Waals surface area contributed by atoms with Gasteiger partial charge in [0.25, 0.3) is 5.91 Å². The highest BCUT2D eigenvalue weighted by Crippen LogP contribution is 2.47. The van der Waals surface area contributed by atoms with Gasteiger partial charge in [0.2, 0.25) is 0 Å². The van der Waals surface area contributed by atoms with Gasteiger partial charge in [-0.25, -0.2) is 4.79 Å². The fourth-order valence-electron chi connectivity index (χ4n) is 4.75. The van der Waals surface area contributed by atoms with Crippen molar-refractivity contribution in [2.45, 2.75) is 63.9 Å². The lowest BCUT2D eigenvalue weighted by atomic mass is 9.83. The van der Waals surface area contributed by atoms with Crippen LogP contribution in [0.4, 0.5) is 0 Å². The minimum Gasteiger partial charge on any atom is -0.507 e. The second-order valence-corrected chi connectivity index (χ2v) is 9.60. The number of fused-ring (bicyclic) bond motifs is 2. The molecule has 0 spiro atoms. The molecule has 1 amide bonds. The Morgan fingerprint density at radius 1 is 1.13 bits per heavy atom. The van der Waals surface area contributed by atoms with Crippen LogP contribution in [0, 0.1) is 0 Å². The molecule has 0 saturated heterocycles. The molecular weight excluding hydrogens is 490 g/mol. The summed E-state index contributed by atoms with van der Waals surface area (Å²) in [5.74, 6) is -1.88. The number of Topliss-reactive ketones (excluding diaryl/α,β-unsaturated/α-hetero) is 1. The van der Waals surface area contributed by atoms with E-state index < -0.39 is 29.9 Å². The van der Waals surface area contributed by atoms with Crippen LogP contribution in [0.3, 0.4) is 0 Å². The second kappa shape index (κ2) is 11.9. The first kappa shape index (κ1) is 26.9. The summed E-state index contributed by atoms with van der Waals surface area (Å²) in [7, 11) is 0. The fourth-order valence-corrected chi connectivity index (χ4v) is 4.75. The van der Waals surface area contributed by atoms with E-state index in [9.17, 15) is 24.3 Å². The maximum absolute atomic E-state index is 13.3. The van der Waals surface area contributed by atoms with E-state index in [1.165, 1.54) is 0 Å². The number of ketones is 1. The maximum Gasteiger partial charge on any atom is 0.342 e. The molecule has 2 aromatic rings. The molecule has 2 heterocycles. The lowest BCUT2D eigenvalue weighted by Crippen LogP contribution is -2.23. The molecule has 0 unspecified atom stereocenters. The van der Waals surface area contributed by atoms with Crippen LogP contribution < -0.4 is 15.2 Å². The molecule has 0 aromatic heterocycles. The predicted octanol–water partition coefficient (Wildman–Crippen LogP) is 4.18.